The summed E-state index contributed by atoms with van der Waals surface area (Å²) in [5, 5.41) is 11.1. The van der Waals surface area contributed by atoms with Crippen LogP contribution in [-0.2, 0) is 13.2 Å². The summed E-state index contributed by atoms with van der Waals surface area (Å²) in [6, 6.07) is 3.25. The molecule has 1 rings (SSSR count). The minimum absolute atomic E-state index is 0.172. The van der Waals surface area contributed by atoms with E-state index in [1.165, 1.54) is 0 Å². The summed E-state index contributed by atoms with van der Waals surface area (Å²) in [5.74, 6) is 0.985. The first-order valence-corrected chi connectivity index (χ1v) is 3.89. The molecule has 0 fully saturated rings. The molecule has 1 aromatic heterocycles. The van der Waals surface area contributed by atoms with E-state index in [2.05, 4.69) is 5.32 Å². The van der Waals surface area contributed by atoms with E-state index < -0.39 is 6.43 Å². The summed E-state index contributed by atoms with van der Waals surface area (Å²) in [7, 11) is 0. The topological polar surface area (TPSA) is 45.4 Å². The molecular weight excluding hydrogens is 180 g/mol. The second-order valence-corrected chi connectivity index (χ2v) is 2.55. The van der Waals surface area contributed by atoms with Crippen LogP contribution in [0.15, 0.2) is 16.5 Å². The van der Waals surface area contributed by atoms with Gasteiger partial charge in [0.1, 0.15) is 18.1 Å². The van der Waals surface area contributed by atoms with Crippen molar-refractivity contribution in [2.24, 2.45) is 0 Å². The van der Waals surface area contributed by atoms with Gasteiger partial charge in [0, 0.05) is 0 Å². The molecule has 0 amide bonds. The number of halogens is 2. The van der Waals surface area contributed by atoms with Crippen molar-refractivity contribution in [1.29, 1.82) is 0 Å². The van der Waals surface area contributed by atoms with Crippen molar-refractivity contribution in [3.63, 3.8) is 0 Å². The van der Waals surface area contributed by atoms with Gasteiger partial charge in [0.05, 0.1) is 13.1 Å². The van der Waals surface area contributed by atoms with Crippen molar-refractivity contribution in [2.45, 2.75) is 19.6 Å². The molecule has 0 atom stereocenters. The average Bonchev–Trinajstić information content (AvgIpc) is 2.52. The normalized spacial score (nSPS) is 11.1. The molecule has 5 heteroatoms. The summed E-state index contributed by atoms with van der Waals surface area (Å²) in [6.45, 7) is -0.269. The molecule has 74 valence electrons. The SMILES string of the molecule is OCc1ccc(CNCC(F)F)o1. The molecule has 0 saturated carbocycles. The molecule has 0 aliphatic heterocycles. The lowest BCUT2D eigenvalue weighted by Gasteiger charge is -2.00. The number of alkyl halides is 2. The zero-order chi connectivity index (χ0) is 9.68. The summed E-state index contributed by atoms with van der Waals surface area (Å²) in [5.41, 5.74) is 0. The molecular formula is C8H11F2NO2. The van der Waals surface area contributed by atoms with Crippen LogP contribution in [0.4, 0.5) is 8.78 Å². The Morgan fingerprint density at radius 1 is 1.38 bits per heavy atom. The van der Waals surface area contributed by atoms with E-state index in [0.717, 1.165) is 0 Å². The summed E-state index contributed by atoms with van der Waals surface area (Å²) in [6.07, 6.45) is -2.35. The van der Waals surface area contributed by atoms with Gasteiger partial charge in [-0.05, 0) is 12.1 Å². The van der Waals surface area contributed by atoms with Crippen LogP contribution in [0.1, 0.15) is 11.5 Å². The van der Waals surface area contributed by atoms with Crippen LogP contribution in [0.5, 0.6) is 0 Å². The maximum Gasteiger partial charge on any atom is 0.250 e. The van der Waals surface area contributed by atoms with E-state index in [0.29, 0.717) is 11.5 Å². The Balaban J connectivity index is 2.28. The number of aliphatic hydroxyl groups excluding tert-OH is 1. The summed E-state index contributed by atoms with van der Waals surface area (Å²) in [4.78, 5) is 0. The van der Waals surface area contributed by atoms with Crippen molar-refractivity contribution in [2.75, 3.05) is 6.54 Å². The highest BCUT2D eigenvalue weighted by Gasteiger charge is 2.03. The van der Waals surface area contributed by atoms with Gasteiger partial charge in [-0.3, -0.25) is 0 Å². The number of hydrogen-bond acceptors (Lipinski definition) is 3. The fourth-order valence-corrected chi connectivity index (χ4v) is 0.907. The van der Waals surface area contributed by atoms with Gasteiger partial charge in [-0.1, -0.05) is 0 Å². The van der Waals surface area contributed by atoms with Crippen molar-refractivity contribution in [1.82, 2.24) is 5.32 Å². The van der Waals surface area contributed by atoms with Crippen LogP contribution in [0, 0.1) is 0 Å². The van der Waals surface area contributed by atoms with Crippen molar-refractivity contribution in [3.8, 4) is 0 Å². The lowest BCUT2D eigenvalue weighted by atomic mass is 10.4. The molecule has 0 unspecified atom stereocenters. The fraction of sp³-hybridized carbons (Fsp3) is 0.500. The molecule has 0 aliphatic rings. The Hall–Kier alpha value is -0.940. The third-order valence-corrected chi connectivity index (χ3v) is 1.47. The van der Waals surface area contributed by atoms with Gasteiger partial charge in [-0.25, -0.2) is 8.78 Å². The standard InChI is InChI=1S/C8H11F2NO2/c9-8(10)4-11-3-6-1-2-7(5-12)13-6/h1-2,8,11-12H,3-5H2. The van der Waals surface area contributed by atoms with Crippen LogP contribution in [0.25, 0.3) is 0 Å². The Morgan fingerprint density at radius 3 is 2.62 bits per heavy atom. The molecule has 1 heterocycles. The monoisotopic (exact) mass is 191 g/mol. The highest BCUT2D eigenvalue weighted by molar-refractivity contribution is 5.05. The van der Waals surface area contributed by atoms with Gasteiger partial charge >= 0.3 is 0 Å². The van der Waals surface area contributed by atoms with Gasteiger partial charge in [-0.15, -0.1) is 0 Å². The molecule has 13 heavy (non-hydrogen) atoms. The average molecular weight is 191 g/mol. The molecule has 0 aromatic carbocycles. The summed E-state index contributed by atoms with van der Waals surface area (Å²) < 4.78 is 28.4. The van der Waals surface area contributed by atoms with Crippen LogP contribution >= 0.6 is 0 Å². The van der Waals surface area contributed by atoms with Gasteiger partial charge < -0.3 is 14.8 Å². The third kappa shape index (κ3) is 3.52. The Bertz CT molecular complexity index is 250. The Morgan fingerprint density at radius 2 is 2.08 bits per heavy atom. The summed E-state index contributed by atoms with van der Waals surface area (Å²) >= 11 is 0. The second kappa shape index (κ2) is 4.94. The molecule has 2 N–H and O–H groups in total. The number of furan rings is 1. The molecule has 0 aliphatic carbocycles. The van der Waals surface area contributed by atoms with Crippen LogP contribution in [-0.4, -0.2) is 18.1 Å². The third-order valence-electron chi connectivity index (χ3n) is 1.47. The molecule has 0 bridgehead atoms. The zero-order valence-corrected chi connectivity index (χ0v) is 6.96. The van der Waals surface area contributed by atoms with Crippen molar-refractivity contribution in [3.05, 3.63) is 23.7 Å². The number of aliphatic hydroxyl groups is 1. The molecule has 1 aromatic rings. The van der Waals surface area contributed by atoms with E-state index in [1.54, 1.807) is 12.1 Å². The van der Waals surface area contributed by atoms with E-state index in [1.807, 2.05) is 0 Å². The van der Waals surface area contributed by atoms with Gasteiger partial charge in [0.25, 0.3) is 6.43 Å². The van der Waals surface area contributed by atoms with Crippen LogP contribution < -0.4 is 5.32 Å². The van der Waals surface area contributed by atoms with E-state index in [-0.39, 0.29) is 19.7 Å². The second-order valence-electron chi connectivity index (χ2n) is 2.55. The minimum Gasteiger partial charge on any atom is -0.462 e. The quantitative estimate of drug-likeness (QED) is 0.733. The van der Waals surface area contributed by atoms with E-state index in [4.69, 9.17) is 9.52 Å². The molecule has 0 saturated heterocycles. The Labute approximate surface area is 74.4 Å². The molecule has 0 spiro atoms. The van der Waals surface area contributed by atoms with E-state index in [9.17, 15) is 8.78 Å². The minimum atomic E-state index is -2.35. The van der Waals surface area contributed by atoms with Gasteiger partial charge in [-0.2, -0.15) is 0 Å². The number of nitrogens with one attached hydrogen (secondary N) is 1. The lowest BCUT2D eigenvalue weighted by Crippen LogP contribution is -2.20. The predicted octanol–water partition coefficient (Wildman–Crippen LogP) is 1.13. The predicted molar refractivity (Wildman–Crippen MR) is 42.3 cm³/mol. The molecule has 3 nitrogen and oxygen atoms in total. The van der Waals surface area contributed by atoms with Gasteiger partial charge in [0.2, 0.25) is 0 Å². The maximum atomic E-state index is 11.7. The lowest BCUT2D eigenvalue weighted by molar-refractivity contribution is 0.144. The van der Waals surface area contributed by atoms with Crippen molar-refractivity contribution >= 4 is 0 Å². The molecule has 0 radical (unpaired) electrons. The van der Waals surface area contributed by atoms with Gasteiger partial charge in [0.15, 0.2) is 0 Å². The maximum absolute atomic E-state index is 11.7. The highest BCUT2D eigenvalue weighted by Crippen LogP contribution is 2.07. The van der Waals surface area contributed by atoms with Crippen LogP contribution in [0.3, 0.4) is 0 Å². The first-order chi connectivity index (χ1) is 6.22. The first-order valence-electron chi connectivity index (χ1n) is 3.89. The highest BCUT2D eigenvalue weighted by atomic mass is 19.3. The van der Waals surface area contributed by atoms with Crippen LogP contribution in [0.2, 0.25) is 0 Å². The number of hydrogen-bond donors (Lipinski definition) is 2. The van der Waals surface area contributed by atoms with Crippen molar-refractivity contribution < 1.29 is 18.3 Å². The first kappa shape index (κ1) is 10.1. The number of rotatable bonds is 5. The fourth-order valence-electron chi connectivity index (χ4n) is 0.907. The Kier molecular flexibility index (Phi) is 3.85. The van der Waals surface area contributed by atoms with E-state index >= 15 is 0 Å². The zero-order valence-electron chi connectivity index (χ0n) is 6.96. The largest absolute Gasteiger partial charge is 0.462 e. The smallest absolute Gasteiger partial charge is 0.250 e.